The monoisotopic (exact) mass is 563 g/mol. The highest BCUT2D eigenvalue weighted by Crippen LogP contribution is 2.46. The Bertz CT molecular complexity index is 574. The van der Waals surface area contributed by atoms with E-state index in [1.807, 2.05) is 6.07 Å². The zero-order valence-electron chi connectivity index (χ0n) is 8.27. The number of allylic oxidation sites excluding steroid dienone is 1. The van der Waals surface area contributed by atoms with E-state index in [2.05, 4.69) is 79.6 Å². The van der Waals surface area contributed by atoms with Crippen molar-refractivity contribution in [3.05, 3.63) is 34.0 Å². The Morgan fingerprint density at radius 1 is 1.00 bits per heavy atom. The van der Waals surface area contributed by atoms with Gasteiger partial charge in [-0.05, 0) is 79.6 Å². The summed E-state index contributed by atoms with van der Waals surface area (Å²) in [6.45, 7) is 0. The summed E-state index contributed by atoms with van der Waals surface area (Å²) in [4.78, 5) is 10.7. The lowest BCUT2D eigenvalue weighted by molar-refractivity contribution is -0.131. The number of rotatable bonds is 2. The van der Waals surface area contributed by atoms with E-state index in [9.17, 15) is 4.79 Å². The number of carbonyl (C=O) groups is 1. The molecule has 1 N–H and O–H groups in total. The van der Waals surface area contributed by atoms with Gasteiger partial charge in [-0.15, -0.1) is 0 Å². The standard InChI is InChI=1S/C10H2Br5NO2/c11-6-5(3(2-16)1-4(17)18)7(12)9(14)10(15)8(6)13/h1H,(H,17,18). The Kier molecular flexibility index (Phi) is 6.06. The molecule has 1 rings (SSSR count). The SMILES string of the molecule is N#CC(=CC(=O)O)c1c(Br)c(Br)c(Br)c(Br)c1Br. The number of carboxylic acids is 1. The Balaban J connectivity index is 3.71. The first kappa shape index (κ1) is 16.4. The van der Waals surface area contributed by atoms with Crippen molar-refractivity contribution in [3.8, 4) is 6.07 Å². The van der Waals surface area contributed by atoms with E-state index >= 15 is 0 Å². The second-order valence-electron chi connectivity index (χ2n) is 2.95. The average Bonchev–Trinajstić information content (AvgIpc) is 2.32. The second-order valence-corrected chi connectivity index (χ2v) is 6.92. The molecule has 0 aromatic heterocycles. The van der Waals surface area contributed by atoms with Gasteiger partial charge < -0.3 is 5.11 Å². The van der Waals surface area contributed by atoms with Crippen LogP contribution < -0.4 is 0 Å². The van der Waals surface area contributed by atoms with Crippen molar-refractivity contribution < 1.29 is 9.90 Å². The Hall–Kier alpha value is 0.320. The van der Waals surface area contributed by atoms with Crippen molar-refractivity contribution >= 4 is 91.2 Å². The van der Waals surface area contributed by atoms with Gasteiger partial charge >= 0.3 is 5.97 Å². The van der Waals surface area contributed by atoms with E-state index in [0.29, 0.717) is 23.5 Å². The molecule has 1 aromatic carbocycles. The normalized spacial score (nSPS) is 11.2. The molecule has 0 atom stereocenters. The van der Waals surface area contributed by atoms with Crippen LogP contribution in [-0.4, -0.2) is 11.1 Å². The summed E-state index contributed by atoms with van der Waals surface area (Å²) in [7, 11) is 0. The Morgan fingerprint density at radius 2 is 1.39 bits per heavy atom. The van der Waals surface area contributed by atoms with Crippen molar-refractivity contribution in [3.63, 3.8) is 0 Å². The predicted molar refractivity (Wildman–Crippen MR) is 86.2 cm³/mol. The van der Waals surface area contributed by atoms with Crippen molar-refractivity contribution in [1.29, 1.82) is 5.26 Å². The number of carboxylic acid groups (broad SMARTS) is 1. The molecular weight excluding hydrogens is 566 g/mol. The van der Waals surface area contributed by atoms with E-state index in [1.165, 1.54) is 0 Å². The highest BCUT2D eigenvalue weighted by atomic mass is 79.9. The summed E-state index contributed by atoms with van der Waals surface area (Å²) >= 11 is 16.7. The van der Waals surface area contributed by atoms with Crippen molar-refractivity contribution in [1.82, 2.24) is 0 Å². The number of hydrogen-bond donors (Lipinski definition) is 1. The maximum Gasteiger partial charge on any atom is 0.329 e. The van der Waals surface area contributed by atoms with E-state index in [1.54, 1.807) is 0 Å². The van der Waals surface area contributed by atoms with Crippen LogP contribution in [0.2, 0.25) is 0 Å². The van der Waals surface area contributed by atoms with Crippen LogP contribution in [0.1, 0.15) is 5.56 Å². The van der Waals surface area contributed by atoms with Crippen LogP contribution in [0.5, 0.6) is 0 Å². The number of aliphatic carboxylic acids is 1. The van der Waals surface area contributed by atoms with Gasteiger partial charge in [-0.3, -0.25) is 0 Å². The minimum Gasteiger partial charge on any atom is -0.478 e. The molecule has 0 saturated heterocycles. The fraction of sp³-hybridized carbons (Fsp3) is 0. The van der Waals surface area contributed by atoms with Crippen LogP contribution in [0.3, 0.4) is 0 Å². The molecule has 0 saturated carbocycles. The van der Waals surface area contributed by atoms with Gasteiger partial charge in [0.05, 0.1) is 5.57 Å². The highest BCUT2D eigenvalue weighted by molar-refractivity contribution is 9.15. The van der Waals surface area contributed by atoms with Crippen molar-refractivity contribution in [2.45, 2.75) is 0 Å². The minimum atomic E-state index is -1.18. The van der Waals surface area contributed by atoms with Gasteiger partial charge in [0.25, 0.3) is 0 Å². The minimum absolute atomic E-state index is 0.0372. The first-order valence-electron chi connectivity index (χ1n) is 4.17. The lowest BCUT2D eigenvalue weighted by atomic mass is 10.1. The molecule has 0 unspecified atom stereocenters. The van der Waals surface area contributed by atoms with Crippen molar-refractivity contribution in [2.75, 3.05) is 0 Å². The summed E-state index contributed by atoms with van der Waals surface area (Å²) in [6.07, 6.45) is 0.859. The van der Waals surface area contributed by atoms with Crippen LogP contribution in [0, 0.1) is 11.3 Å². The fourth-order valence-electron chi connectivity index (χ4n) is 1.13. The number of halogens is 5. The quantitative estimate of drug-likeness (QED) is 0.223. The maximum atomic E-state index is 10.7. The van der Waals surface area contributed by atoms with Crippen LogP contribution in [0.25, 0.3) is 5.57 Å². The third kappa shape index (κ3) is 3.25. The third-order valence-electron chi connectivity index (χ3n) is 1.87. The number of nitrogens with zero attached hydrogens (tertiary/aromatic N) is 1. The average molecular weight is 568 g/mol. The molecule has 0 amide bonds. The predicted octanol–water partition coefficient (Wildman–Crippen LogP) is 5.49. The summed E-state index contributed by atoms with van der Waals surface area (Å²) in [5.74, 6) is -1.18. The third-order valence-corrected chi connectivity index (χ3v) is 7.96. The first-order chi connectivity index (χ1) is 8.31. The Labute approximate surface area is 145 Å². The number of nitriles is 1. The molecule has 94 valence electrons. The van der Waals surface area contributed by atoms with Crippen LogP contribution in [0.4, 0.5) is 0 Å². The lowest BCUT2D eigenvalue weighted by Crippen LogP contribution is -1.95. The van der Waals surface area contributed by atoms with E-state index in [0.717, 1.165) is 10.5 Å². The highest BCUT2D eigenvalue weighted by Gasteiger charge is 2.20. The van der Waals surface area contributed by atoms with Gasteiger partial charge in [-0.25, -0.2) is 4.79 Å². The summed E-state index contributed by atoms with van der Waals surface area (Å²) in [5, 5.41) is 17.8. The summed E-state index contributed by atoms with van der Waals surface area (Å²) in [5.41, 5.74) is 0.497. The summed E-state index contributed by atoms with van der Waals surface area (Å²) in [6, 6.07) is 1.87. The van der Waals surface area contributed by atoms with Crippen molar-refractivity contribution in [2.24, 2.45) is 0 Å². The molecule has 3 nitrogen and oxygen atoms in total. The number of hydrogen-bond acceptors (Lipinski definition) is 2. The largest absolute Gasteiger partial charge is 0.478 e. The lowest BCUT2D eigenvalue weighted by Gasteiger charge is -2.12. The zero-order chi connectivity index (χ0) is 14.0. The molecule has 1 aromatic rings. The van der Waals surface area contributed by atoms with Gasteiger partial charge in [0.2, 0.25) is 0 Å². The van der Waals surface area contributed by atoms with Gasteiger partial charge in [-0.2, -0.15) is 5.26 Å². The Morgan fingerprint density at radius 3 is 1.72 bits per heavy atom. The molecular formula is C10H2Br5NO2. The molecule has 0 aliphatic rings. The van der Waals surface area contributed by atoms with Crippen LogP contribution in [-0.2, 0) is 4.79 Å². The maximum absolute atomic E-state index is 10.7. The van der Waals surface area contributed by atoms with E-state index < -0.39 is 5.97 Å². The van der Waals surface area contributed by atoms with Gasteiger partial charge in [-0.1, -0.05) is 0 Å². The topological polar surface area (TPSA) is 61.1 Å². The van der Waals surface area contributed by atoms with Crippen LogP contribution >= 0.6 is 79.6 Å². The van der Waals surface area contributed by atoms with E-state index in [-0.39, 0.29) is 5.57 Å². The van der Waals surface area contributed by atoms with Gasteiger partial charge in [0, 0.05) is 34.0 Å². The zero-order valence-corrected chi connectivity index (χ0v) is 16.2. The molecule has 0 spiro atoms. The molecule has 0 radical (unpaired) electrons. The first-order valence-corrected chi connectivity index (χ1v) is 8.14. The second kappa shape index (κ2) is 6.66. The molecule has 8 heteroatoms. The van der Waals surface area contributed by atoms with Crippen LogP contribution in [0.15, 0.2) is 28.4 Å². The molecule has 0 heterocycles. The smallest absolute Gasteiger partial charge is 0.329 e. The number of benzene rings is 1. The van der Waals surface area contributed by atoms with E-state index in [4.69, 9.17) is 10.4 Å². The fourth-order valence-corrected chi connectivity index (χ4v) is 4.60. The molecule has 0 aliphatic heterocycles. The molecule has 0 fully saturated rings. The van der Waals surface area contributed by atoms with Gasteiger partial charge in [0.1, 0.15) is 6.07 Å². The van der Waals surface area contributed by atoms with Gasteiger partial charge in [0.15, 0.2) is 0 Å². The summed E-state index contributed by atoms with van der Waals surface area (Å²) < 4.78 is 3.27. The molecule has 0 bridgehead atoms. The molecule has 18 heavy (non-hydrogen) atoms. The molecule has 0 aliphatic carbocycles.